The quantitative estimate of drug-likeness (QED) is 0.723. The summed E-state index contributed by atoms with van der Waals surface area (Å²) in [6.45, 7) is -2.92. The Hall–Kier alpha value is -2.43. The zero-order chi connectivity index (χ0) is 20.4. The molecule has 0 radical (unpaired) electrons. The lowest BCUT2D eigenvalue weighted by Gasteiger charge is -2.24. The zero-order valence-electron chi connectivity index (χ0n) is 14.0. The van der Waals surface area contributed by atoms with Gasteiger partial charge in [-0.2, -0.15) is 22.0 Å². The first-order valence-electron chi connectivity index (χ1n) is 7.89. The van der Waals surface area contributed by atoms with Crippen molar-refractivity contribution in [2.24, 2.45) is 11.8 Å². The SMILES string of the molecule is CC(C(=O)Nc1ccccc1OC(F)F)N1C[C@@H](C(F)(F)F)[C@H](C(=O)O)C1. The summed E-state index contributed by atoms with van der Waals surface area (Å²) in [5.74, 6) is -6.45. The minimum atomic E-state index is -4.72. The van der Waals surface area contributed by atoms with Gasteiger partial charge in [-0.1, -0.05) is 12.1 Å². The van der Waals surface area contributed by atoms with Crippen molar-refractivity contribution in [1.29, 1.82) is 0 Å². The van der Waals surface area contributed by atoms with Crippen LogP contribution in [-0.2, 0) is 9.59 Å². The third-order valence-electron chi connectivity index (χ3n) is 4.37. The van der Waals surface area contributed by atoms with Gasteiger partial charge in [0.1, 0.15) is 5.75 Å². The third kappa shape index (κ3) is 5.06. The summed E-state index contributed by atoms with van der Waals surface area (Å²) in [7, 11) is 0. The lowest BCUT2D eigenvalue weighted by Crippen LogP contribution is -2.41. The Balaban J connectivity index is 2.11. The van der Waals surface area contributed by atoms with Crippen molar-refractivity contribution in [3.63, 3.8) is 0 Å². The maximum absolute atomic E-state index is 13.1. The van der Waals surface area contributed by atoms with Crippen molar-refractivity contribution in [2.45, 2.75) is 25.8 Å². The monoisotopic (exact) mass is 396 g/mol. The molecule has 0 aliphatic carbocycles. The second kappa shape index (κ2) is 8.07. The van der Waals surface area contributed by atoms with Crippen LogP contribution in [0.25, 0.3) is 0 Å². The highest BCUT2D eigenvalue weighted by Gasteiger charge is 2.53. The van der Waals surface area contributed by atoms with Gasteiger partial charge in [0.2, 0.25) is 5.91 Å². The molecule has 2 N–H and O–H groups in total. The van der Waals surface area contributed by atoms with Crippen LogP contribution >= 0.6 is 0 Å². The highest BCUT2D eigenvalue weighted by molar-refractivity contribution is 5.95. The van der Waals surface area contributed by atoms with Crippen LogP contribution in [0.2, 0.25) is 0 Å². The van der Waals surface area contributed by atoms with Crippen molar-refractivity contribution in [2.75, 3.05) is 18.4 Å². The molecule has 2 rings (SSSR count). The fraction of sp³-hybridized carbons (Fsp3) is 0.500. The number of alkyl halides is 5. The summed E-state index contributed by atoms with van der Waals surface area (Å²) in [5.41, 5.74) is -0.0731. The predicted molar refractivity (Wildman–Crippen MR) is 83.4 cm³/mol. The molecule has 1 aromatic carbocycles. The van der Waals surface area contributed by atoms with Crippen molar-refractivity contribution < 1.29 is 41.4 Å². The van der Waals surface area contributed by atoms with E-state index >= 15 is 0 Å². The van der Waals surface area contributed by atoms with Gasteiger partial charge in [-0.3, -0.25) is 14.5 Å². The van der Waals surface area contributed by atoms with Crippen LogP contribution < -0.4 is 10.1 Å². The van der Waals surface area contributed by atoms with E-state index in [2.05, 4.69) is 10.1 Å². The van der Waals surface area contributed by atoms with Crippen LogP contribution in [0.4, 0.5) is 27.6 Å². The number of amides is 1. The molecule has 0 aromatic heterocycles. The fourth-order valence-electron chi connectivity index (χ4n) is 2.90. The first kappa shape index (κ1) is 20.9. The van der Waals surface area contributed by atoms with Gasteiger partial charge in [-0.05, 0) is 19.1 Å². The maximum Gasteiger partial charge on any atom is 0.393 e. The number of halogens is 5. The summed E-state index contributed by atoms with van der Waals surface area (Å²) in [6.07, 6.45) is -4.72. The Bertz CT molecular complexity index is 698. The summed E-state index contributed by atoms with van der Waals surface area (Å²) >= 11 is 0. The number of ether oxygens (including phenoxy) is 1. The number of aliphatic carboxylic acids is 1. The number of nitrogens with one attached hydrogen (secondary N) is 1. The summed E-state index contributed by atoms with van der Waals surface area (Å²) in [4.78, 5) is 24.6. The van der Waals surface area contributed by atoms with Gasteiger partial charge in [0.25, 0.3) is 0 Å². The van der Waals surface area contributed by atoms with Crippen molar-refractivity contribution in [1.82, 2.24) is 4.90 Å². The molecular weight excluding hydrogens is 379 g/mol. The van der Waals surface area contributed by atoms with E-state index in [0.717, 1.165) is 4.90 Å². The molecule has 0 spiro atoms. The van der Waals surface area contributed by atoms with Crippen molar-refractivity contribution >= 4 is 17.6 Å². The Kier molecular flexibility index (Phi) is 6.24. The molecule has 27 heavy (non-hydrogen) atoms. The van der Waals surface area contributed by atoms with Crippen LogP contribution in [0.15, 0.2) is 24.3 Å². The van der Waals surface area contributed by atoms with Gasteiger partial charge in [0.05, 0.1) is 23.6 Å². The number of carboxylic acid groups (broad SMARTS) is 1. The zero-order valence-corrected chi connectivity index (χ0v) is 14.0. The van der Waals surface area contributed by atoms with Crippen molar-refractivity contribution in [3.8, 4) is 5.75 Å². The number of carbonyl (C=O) groups is 2. The molecule has 1 fully saturated rings. The van der Waals surface area contributed by atoms with E-state index in [-0.39, 0.29) is 11.4 Å². The van der Waals surface area contributed by atoms with E-state index in [4.69, 9.17) is 5.11 Å². The van der Waals surface area contributed by atoms with Gasteiger partial charge in [-0.25, -0.2) is 0 Å². The van der Waals surface area contributed by atoms with Gasteiger partial charge >= 0.3 is 18.8 Å². The van der Waals surface area contributed by atoms with Gasteiger partial charge < -0.3 is 15.2 Å². The molecular formula is C16H17F5N2O4. The Morgan fingerprint density at radius 2 is 1.89 bits per heavy atom. The topological polar surface area (TPSA) is 78.9 Å². The number of nitrogens with zero attached hydrogens (tertiary/aromatic N) is 1. The maximum atomic E-state index is 13.1. The van der Waals surface area contributed by atoms with E-state index in [1.165, 1.54) is 31.2 Å². The predicted octanol–water partition coefficient (Wildman–Crippen LogP) is 2.81. The van der Waals surface area contributed by atoms with Crippen LogP contribution in [0.1, 0.15) is 6.92 Å². The molecule has 6 nitrogen and oxygen atoms in total. The average Bonchev–Trinajstić information content (AvgIpc) is 3.01. The highest BCUT2D eigenvalue weighted by atomic mass is 19.4. The van der Waals surface area contributed by atoms with Gasteiger partial charge in [0, 0.05) is 13.1 Å². The lowest BCUT2D eigenvalue weighted by molar-refractivity contribution is -0.188. The number of para-hydroxylation sites is 2. The lowest BCUT2D eigenvalue weighted by atomic mass is 9.96. The van der Waals surface area contributed by atoms with Gasteiger partial charge in [-0.15, -0.1) is 0 Å². The number of carbonyl (C=O) groups excluding carboxylic acids is 1. The van der Waals surface area contributed by atoms with E-state index in [1.807, 2.05) is 0 Å². The number of rotatable bonds is 6. The largest absolute Gasteiger partial charge is 0.481 e. The molecule has 0 saturated carbocycles. The second-order valence-electron chi connectivity index (χ2n) is 6.09. The first-order valence-corrected chi connectivity index (χ1v) is 7.89. The van der Waals surface area contributed by atoms with E-state index in [9.17, 15) is 31.5 Å². The van der Waals surface area contributed by atoms with Crippen LogP contribution in [0.3, 0.4) is 0 Å². The number of likely N-dealkylation sites (tertiary alicyclic amines) is 1. The number of anilines is 1. The molecule has 1 aromatic rings. The molecule has 1 saturated heterocycles. The minimum absolute atomic E-state index is 0.0731. The normalized spacial score (nSPS) is 21.9. The summed E-state index contributed by atoms with van der Waals surface area (Å²) < 4.78 is 68.3. The van der Waals surface area contributed by atoms with Crippen molar-refractivity contribution in [3.05, 3.63) is 24.3 Å². The van der Waals surface area contributed by atoms with Crippen LogP contribution in [0, 0.1) is 11.8 Å². The Morgan fingerprint density at radius 1 is 1.26 bits per heavy atom. The Labute approximate surface area is 150 Å². The average molecular weight is 396 g/mol. The molecule has 3 atom stereocenters. The van der Waals surface area contributed by atoms with Gasteiger partial charge in [0.15, 0.2) is 0 Å². The fourth-order valence-corrected chi connectivity index (χ4v) is 2.90. The molecule has 11 heteroatoms. The number of carboxylic acids is 1. The molecule has 1 heterocycles. The van der Waals surface area contributed by atoms with E-state index in [0.29, 0.717) is 0 Å². The third-order valence-corrected chi connectivity index (χ3v) is 4.37. The highest BCUT2D eigenvalue weighted by Crippen LogP contribution is 2.38. The minimum Gasteiger partial charge on any atom is -0.481 e. The van der Waals surface area contributed by atoms with Crippen LogP contribution in [-0.4, -0.2) is 53.8 Å². The number of hydrogen-bond donors (Lipinski definition) is 2. The standard InChI is InChI=1S/C16H17F5N2O4/c1-8(23-6-9(14(25)26)10(7-23)16(19,20)21)13(24)22-11-4-2-3-5-12(11)27-15(17)18/h2-5,8-10,15H,6-7H2,1H3,(H,22,24)(H,25,26)/t8?,9-,10-/m1/s1. The summed E-state index contributed by atoms with van der Waals surface area (Å²) in [6, 6.07) is 4.24. The molecule has 1 aliphatic heterocycles. The number of hydrogen-bond acceptors (Lipinski definition) is 4. The Morgan fingerprint density at radius 3 is 2.41 bits per heavy atom. The second-order valence-corrected chi connectivity index (χ2v) is 6.09. The first-order chi connectivity index (χ1) is 12.5. The molecule has 1 aliphatic rings. The molecule has 0 bridgehead atoms. The molecule has 150 valence electrons. The smallest absolute Gasteiger partial charge is 0.393 e. The van der Waals surface area contributed by atoms with E-state index in [1.54, 1.807) is 0 Å². The van der Waals surface area contributed by atoms with E-state index < -0.39 is 55.6 Å². The van der Waals surface area contributed by atoms with Crippen LogP contribution in [0.5, 0.6) is 5.75 Å². The molecule has 1 amide bonds. The molecule has 1 unspecified atom stereocenters. The summed E-state index contributed by atoms with van der Waals surface area (Å²) in [5, 5.41) is 11.3. The number of benzene rings is 1.